The van der Waals surface area contributed by atoms with Gasteiger partial charge in [-0.1, -0.05) is 82.2 Å². The molecule has 0 saturated heterocycles. The molecule has 0 saturated carbocycles. The van der Waals surface area contributed by atoms with Crippen molar-refractivity contribution >= 4 is 40.2 Å². The van der Waals surface area contributed by atoms with Crippen LogP contribution in [0.2, 0.25) is 10.4 Å². The van der Waals surface area contributed by atoms with Crippen molar-refractivity contribution in [3.8, 4) is 0 Å². The second-order valence-electron chi connectivity index (χ2n) is 7.95. The summed E-state index contributed by atoms with van der Waals surface area (Å²) in [5, 5.41) is 1.48. The molecule has 0 aliphatic carbocycles. The SMILES string of the molecule is COC(=O)CCCCCCCCCCCCCCCn1ccc2c(Cl)nc(Cl)nc21. The van der Waals surface area contributed by atoms with E-state index in [4.69, 9.17) is 23.2 Å². The van der Waals surface area contributed by atoms with Crippen LogP contribution < -0.4 is 0 Å². The van der Waals surface area contributed by atoms with Crippen LogP contribution in [0.1, 0.15) is 89.9 Å². The molecule has 2 heterocycles. The van der Waals surface area contributed by atoms with Crippen LogP contribution in [-0.4, -0.2) is 27.6 Å². The van der Waals surface area contributed by atoms with Gasteiger partial charge in [0.25, 0.3) is 0 Å². The van der Waals surface area contributed by atoms with Gasteiger partial charge in [0.15, 0.2) is 0 Å². The Hall–Kier alpha value is -1.33. The van der Waals surface area contributed by atoms with Crippen LogP contribution in [-0.2, 0) is 16.1 Å². The molecule has 2 aromatic rings. The lowest BCUT2D eigenvalue weighted by molar-refractivity contribution is -0.140. The number of rotatable bonds is 16. The molecule has 30 heavy (non-hydrogen) atoms. The van der Waals surface area contributed by atoms with Gasteiger partial charge in [-0.05, 0) is 30.5 Å². The number of ether oxygens (including phenoxy) is 1. The summed E-state index contributed by atoms with van der Waals surface area (Å²) in [6, 6.07) is 1.95. The van der Waals surface area contributed by atoms with Crippen molar-refractivity contribution in [2.24, 2.45) is 0 Å². The molecule has 0 spiro atoms. The third kappa shape index (κ3) is 9.22. The average Bonchev–Trinajstić information content (AvgIpc) is 3.13. The van der Waals surface area contributed by atoms with Crippen LogP contribution in [0.4, 0.5) is 0 Å². The number of fused-ring (bicyclic) bond motifs is 1. The lowest BCUT2D eigenvalue weighted by atomic mass is 10.0. The van der Waals surface area contributed by atoms with Crippen molar-refractivity contribution in [2.75, 3.05) is 7.11 Å². The highest BCUT2D eigenvalue weighted by Gasteiger charge is 2.09. The van der Waals surface area contributed by atoms with Gasteiger partial charge in [-0.2, -0.15) is 4.98 Å². The van der Waals surface area contributed by atoms with Crippen LogP contribution in [0.15, 0.2) is 12.3 Å². The fourth-order valence-electron chi connectivity index (χ4n) is 3.78. The highest BCUT2D eigenvalue weighted by atomic mass is 35.5. The van der Waals surface area contributed by atoms with Crippen LogP contribution in [0.25, 0.3) is 11.0 Å². The first kappa shape index (κ1) is 24.9. The first-order chi connectivity index (χ1) is 14.6. The summed E-state index contributed by atoms with van der Waals surface area (Å²) in [5.41, 5.74) is 0.823. The predicted octanol–water partition coefficient (Wildman–Crippen LogP) is 7.37. The Labute approximate surface area is 190 Å². The predicted molar refractivity (Wildman–Crippen MR) is 124 cm³/mol. The van der Waals surface area contributed by atoms with E-state index in [0.717, 1.165) is 36.8 Å². The zero-order valence-corrected chi connectivity index (χ0v) is 19.7. The second-order valence-corrected chi connectivity index (χ2v) is 8.65. The molecule has 0 atom stereocenters. The smallest absolute Gasteiger partial charge is 0.305 e. The Morgan fingerprint density at radius 1 is 0.867 bits per heavy atom. The Bertz CT molecular complexity index is 764. The van der Waals surface area contributed by atoms with E-state index in [2.05, 4.69) is 19.3 Å². The largest absolute Gasteiger partial charge is 0.469 e. The molecule has 0 N–H and O–H groups in total. The normalized spacial score (nSPS) is 11.3. The number of unbranched alkanes of at least 4 members (excludes halogenated alkanes) is 12. The molecule has 168 valence electrons. The summed E-state index contributed by atoms with van der Waals surface area (Å²) in [4.78, 5) is 19.3. The van der Waals surface area contributed by atoms with Crippen LogP contribution in [0, 0.1) is 0 Å². The number of halogens is 2. The number of carbonyl (C=O) groups is 1. The molecule has 0 aliphatic rings. The number of carbonyl (C=O) groups excluding carboxylic acids is 1. The number of aryl methyl sites for hydroxylation is 1. The average molecular weight is 456 g/mol. The zero-order chi connectivity index (χ0) is 21.6. The molecule has 0 bridgehead atoms. The maximum absolute atomic E-state index is 11.0. The Morgan fingerprint density at radius 3 is 1.97 bits per heavy atom. The Kier molecular flexibility index (Phi) is 12.2. The van der Waals surface area contributed by atoms with Crippen LogP contribution in [0.5, 0.6) is 0 Å². The van der Waals surface area contributed by atoms with Gasteiger partial charge in [-0.3, -0.25) is 4.79 Å². The minimum Gasteiger partial charge on any atom is -0.469 e. The van der Waals surface area contributed by atoms with Gasteiger partial charge >= 0.3 is 5.97 Å². The summed E-state index contributed by atoms with van der Waals surface area (Å²) >= 11 is 12.0. The minimum absolute atomic E-state index is 0.0856. The fraction of sp³-hybridized carbons (Fsp3) is 0.696. The lowest BCUT2D eigenvalue weighted by Crippen LogP contribution is -1.99. The quantitative estimate of drug-likeness (QED) is 0.114. The van der Waals surface area contributed by atoms with Gasteiger partial charge < -0.3 is 9.30 Å². The van der Waals surface area contributed by atoms with Crippen molar-refractivity contribution in [1.82, 2.24) is 14.5 Å². The van der Waals surface area contributed by atoms with E-state index in [1.807, 2.05) is 12.3 Å². The first-order valence-corrected chi connectivity index (χ1v) is 12.1. The zero-order valence-electron chi connectivity index (χ0n) is 18.2. The molecule has 2 rings (SSSR count). The molecule has 0 aromatic carbocycles. The molecule has 0 fully saturated rings. The summed E-state index contributed by atoms with van der Waals surface area (Å²) in [5.74, 6) is -0.0856. The van der Waals surface area contributed by atoms with Crippen molar-refractivity contribution in [1.29, 1.82) is 0 Å². The second kappa shape index (κ2) is 14.6. The van der Waals surface area contributed by atoms with E-state index in [-0.39, 0.29) is 11.3 Å². The first-order valence-electron chi connectivity index (χ1n) is 11.4. The van der Waals surface area contributed by atoms with Crippen LogP contribution >= 0.6 is 23.2 Å². The maximum atomic E-state index is 11.0. The number of nitrogens with zero attached hydrogens (tertiary/aromatic N) is 3. The number of methoxy groups -OCH3 is 1. The van der Waals surface area contributed by atoms with Gasteiger partial charge in [0.1, 0.15) is 10.8 Å². The molecule has 0 unspecified atom stereocenters. The van der Waals surface area contributed by atoms with E-state index in [9.17, 15) is 4.79 Å². The molecule has 7 heteroatoms. The fourth-order valence-corrected chi connectivity index (χ4v) is 4.22. The molecule has 0 radical (unpaired) electrons. The van der Waals surface area contributed by atoms with E-state index in [1.165, 1.54) is 71.3 Å². The summed E-state index contributed by atoms with van der Waals surface area (Å²) < 4.78 is 6.77. The number of hydrogen-bond acceptors (Lipinski definition) is 4. The van der Waals surface area contributed by atoms with Crippen molar-refractivity contribution < 1.29 is 9.53 Å². The summed E-state index contributed by atoms with van der Waals surface area (Å²) in [6.45, 7) is 0.937. The monoisotopic (exact) mass is 455 g/mol. The molecule has 0 amide bonds. The van der Waals surface area contributed by atoms with E-state index in [1.54, 1.807) is 0 Å². The van der Waals surface area contributed by atoms with E-state index in [0.29, 0.717) is 11.6 Å². The highest BCUT2D eigenvalue weighted by Crippen LogP contribution is 2.23. The molecular weight excluding hydrogens is 421 g/mol. The summed E-state index contributed by atoms with van der Waals surface area (Å²) in [7, 11) is 1.46. The van der Waals surface area contributed by atoms with Crippen molar-refractivity contribution in [3.63, 3.8) is 0 Å². The van der Waals surface area contributed by atoms with Gasteiger partial charge in [0.2, 0.25) is 5.28 Å². The number of esters is 1. The molecular formula is C23H35Cl2N3O2. The van der Waals surface area contributed by atoms with E-state index < -0.39 is 0 Å². The third-order valence-electron chi connectivity index (χ3n) is 5.55. The highest BCUT2D eigenvalue weighted by molar-refractivity contribution is 6.35. The standard InChI is InChI=1S/C23H35Cl2N3O2/c1-30-20(29)15-13-11-9-7-5-3-2-4-6-8-10-12-14-17-28-18-16-19-21(24)26-23(25)27-22(19)28/h16,18H,2-15,17H2,1H3. The van der Waals surface area contributed by atoms with E-state index >= 15 is 0 Å². The van der Waals surface area contributed by atoms with Crippen molar-refractivity contribution in [2.45, 2.75) is 96.4 Å². The summed E-state index contributed by atoms with van der Waals surface area (Å²) in [6.07, 6.45) is 18.9. The molecule has 2 aromatic heterocycles. The van der Waals surface area contributed by atoms with Crippen LogP contribution in [0.3, 0.4) is 0 Å². The minimum atomic E-state index is -0.0856. The maximum Gasteiger partial charge on any atom is 0.305 e. The molecule has 5 nitrogen and oxygen atoms in total. The Balaban J connectivity index is 1.40. The topological polar surface area (TPSA) is 57.0 Å². The van der Waals surface area contributed by atoms with Gasteiger partial charge in [0.05, 0.1) is 12.5 Å². The lowest BCUT2D eigenvalue weighted by Gasteiger charge is -2.06. The molecule has 0 aliphatic heterocycles. The van der Waals surface area contributed by atoms with Gasteiger partial charge in [-0.15, -0.1) is 0 Å². The Morgan fingerprint density at radius 2 is 1.40 bits per heavy atom. The van der Waals surface area contributed by atoms with Crippen molar-refractivity contribution in [3.05, 3.63) is 22.7 Å². The van der Waals surface area contributed by atoms with Gasteiger partial charge in [-0.25, -0.2) is 4.98 Å². The number of aromatic nitrogens is 3. The number of hydrogen-bond donors (Lipinski definition) is 0. The third-order valence-corrected chi connectivity index (χ3v) is 6.01. The van der Waals surface area contributed by atoms with Gasteiger partial charge in [0, 0.05) is 19.2 Å².